The number of aryl methyl sites for hydroxylation is 2. The highest BCUT2D eigenvalue weighted by Crippen LogP contribution is 2.29. The SMILES string of the molecule is CC(NC(=O)C1CCN(S(=O)(=O)c2ccc3c(c2)CCC3)CC1)c1cc(F)ccc1F. The van der Waals surface area contributed by atoms with Crippen molar-refractivity contribution in [2.75, 3.05) is 13.1 Å². The molecule has 0 bridgehead atoms. The van der Waals surface area contributed by atoms with E-state index in [1.54, 1.807) is 19.1 Å². The lowest BCUT2D eigenvalue weighted by Gasteiger charge is -2.31. The van der Waals surface area contributed by atoms with E-state index in [-0.39, 0.29) is 30.5 Å². The van der Waals surface area contributed by atoms with E-state index >= 15 is 0 Å². The molecule has 0 radical (unpaired) electrons. The molecule has 1 saturated heterocycles. The fourth-order valence-corrected chi connectivity index (χ4v) is 5.99. The predicted octanol–water partition coefficient (Wildman–Crippen LogP) is 3.73. The molecular formula is C23H26F2N2O3S. The number of fused-ring (bicyclic) bond motifs is 1. The third-order valence-electron chi connectivity index (χ3n) is 6.32. The number of carbonyl (C=O) groups excluding carboxylic acids is 1. The van der Waals surface area contributed by atoms with Crippen LogP contribution in [0.5, 0.6) is 0 Å². The van der Waals surface area contributed by atoms with E-state index in [4.69, 9.17) is 0 Å². The summed E-state index contributed by atoms with van der Waals surface area (Å²) in [6.45, 7) is 2.10. The summed E-state index contributed by atoms with van der Waals surface area (Å²) in [6, 6.07) is 7.82. The van der Waals surface area contributed by atoms with Crippen LogP contribution in [0.4, 0.5) is 8.78 Å². The minimum atomic E-state index is -3.60. The van der Waals surface area contributed by atoms with E-state index in [1.165, 1.54) is 9.87 Å². The molecule has 0 saturated carbocycles. The molecule has 1 aliphatic carbocycles. The number of hydrogen-bond donors (Lipinski definition) is 1. The van der Waals surface area contributed by atoms with Gasteiger partial charge in [-0.2, -0.15) is 4.31 Å². The first-order valence-electron chi connectivity index (χ1n) is 10.6. The maximum absolute atomic E-state index is 13.9. The van der Waals surface area contributed by atoms with Crippen molar-refractivity contribution in [1.29, 1.82) is 0 Å². The first-order valence-corrected chi connectivity index (χ1v) is 12.1. The van der Waals surface area contributed by atoms with E-state index < -0.39 is 27.7 Å². The second-order valence-electron chi connectivity index (χ2n) is 8.36. The van der Waals surface area contributed by atoms with Crippen molar-refractivity contribution in [3.8, 4) is 0 Å². The molecule has 1 atom stereocenters. The Labute approximate surface area is 181 Å². The van der Waals surface area contributed by atoms with Gasteiger partial charge in [0.05, 0.1) is 10.9 Å². The lowest BCUT2D eigenvalue weighted by Crippen LogP contribution is -2.43. The molecule has 0 spiro atoms. The predicted molar refractivity (Wildman–Crippen MR) is 113 cm³/mol. The molecule has 1 unspecified atom stereocenters. The third kappa shape index (κ3) is 4.50. The smallest absolute Gasteiger partial charge is 0.243 e. The van der Waals surface area contributed by atoms with Crippen molar-refractivity contribution < 1.29 is 22.0 Å². The minimum absolute atomic E-state index is 0.0879. The number of hydrogen-bond acceptors (Lipinski definition) is 3. The molecule has 31 heavy (non-hydrogen) atoms. The standard InChI is InChI=1S/C23H26F2N2O3S/c1-15(21-14-19(24)6-8-22(21)25)26-23(28)17-9-11-27(12-10-17)31(29,30)20-7-5-16-3-2-4-18(16)13-20/h5-8,13-15,17H,2-4,9-12H2,1H3,(H,26,28). The highest BCUT2D eigenvalue weighted by Gasteiger charge is 2.33. The molecule has 5 nitrogen and oxygen atoms in total. The first kappa shape index (κ1) is 21.9. The Morgan fingerprint density at radius 2 is 1.77 bits per heavy atom. The molecule has 1 amide bonds. The Kier molecular flexibility index (Phi) is 6.12. The summed E-state index contributed by atoms with van der Waals surface area (Å²) in [6.07, 6.45) is 3.72. The third-order valence-corrected chi connectivity index (χ3v) is 8.21. The van der Waals surface area contributed by atoms with Crippen molar-refractivity contribution in [3.05, 3.63) is 64.7 Å². The molecule has 8 heteroatoms. The molecule has 0 aromatic heterocycles. The van der Waals surface area contributed by atoms with Crippen LogP contribution in [-0.2, 0) is 27.7 Å². The zero-order valence-electron chi connectivity index (χ0n) is 17.4. The fraction of sp³-hybridized carbons (Fsp3) is 0.435. The van der Waals surface area contributed by atoms with Gasteiger partial charge in [0.1, 0.15) is 11.6 Å². The summed E-state index contributed by atoms with van der Waals surface area (Å²) in [4.78, 5) is 12.9. The largest absolute Gasteiger partial charge is 0.349 e. The number of nitrogens with zero attached hydrogens (tertiary/aromatic N) is 1. The van der Waals surface area contributed by atoms with Crippen LogP contribution in [0.3, 0.4) is 0 Å². The molecule has 1 aliphatic heterocycles. The highest BCUT2D eigenvalue weighted by atomic mass is 32.2. The van der Waals surface area contributed by atoms with Crippen LogP contribution in [0.25, 0.3) is 0 Å². The lowest BCUT2D eigenvalue weighted by molar-refractivity contribution is -0.126. The Bertz CT molecular complexity index is 1100. The van der Waals surface area contributed by atoms with Crippen LogP contribution >= 0.6 is 0 Å². The van der Waals surface area contributed by atoms with Crippen LogP contribution in [-0.4, -0.2) is 31.7 Å². The second-order valence-corrected chi connectivity index (χ2v) is 10.3. The molecule has 1 fully saturated rings. The summed E-state index contributed by atoms with van der Waals surface area (Å²) in [5.41, 5.74) is 2.41. The second kappa shape index (κ2) is 8.67. The van der Waals surface area contributed by atoms with Gasteiger partial charge in [0.2, 0.25) is 15.9 Å². The number of benzene rings is 2. The van der Waals surface area contributed by atoms with Crippen molar-refractivity contribution >= 4 is 15.9 Å². The molecule has 1 N–H and O–H groups in total. The summed E-state index contributed by atoms with van der Waals surface area (Å²) in [7, 11) is -3.60. The van der Waals surface area contributed by atoms with Crippen molar-refractivity contribution in [3.63, 3.8) is 0 Å². The average molecular weight is 449 g/mol. The summed E-state index contributed by atoms with van der Waals surface area (Å²) >= 11 is 0. The fourth-order valence-electron chi connectivity index (χ4n) is 4.47. The monoisotopic (exact) mass is 448 g/mol. The van der Waals surface area contributed by atoms with Gasteiger partial charge in [-0.15, -0.1) is 0 Å². The van der Waals surface area contributed by atoms with Crippen molar-refractivity contribution in [2.45, 2.75) is 50.0 Å². The van der Waals surface area contributed by atoms with Gasteiger partial charge >= 0.3 is 0 Å². The van der Waals surface area contributed by atoms with Gasteiger partial charge in [0, 0.05) is 24.6 Å². The van der Waals surface area contributed by atoms with Crippen LogP contribution in [0.2, 0.25) is 0 Å². The summed E-state index contributed by atoms with van der Waals surface area (Å²) < 4.78 is 54.9. The van der Waals surface area contributed by atoms with Crippen molar-refractivity contribution in [1.82, 2.24) is 9.62 Å². The Balaban J connectivity index is 1.38. The number of nitrogens with one attached hydrogen (secondary N) is 1. The molecule has 166 valence electrons. The van der Waals surface area contributed by atoms with Crippen LogP contribution < -0.4 is 5.32 Å². The van der Waals surface area contributed by atoms with Gasteiger partial charge in [-0.05, 0) is 80.5 Å². The van der Waals surface area contributed by atoms with Gasteiger partial charge in [0.15, 0.2) is 0 Å². The van der Waals surface area contributed by atoms with Gasteiger partial charge in [-0.1, -0.05) is 6.07 Å². The maximum Gasteiger partial charge on any atom is 0.243 e. The lowest BCUT2D eigenvalue weighted by atomic mass is 9.96. The molecular weight excluding hydrogens is 422 g/mol. The van der Waals surface area contributed by atoms with Gasteiger partial charge < -0.3 is 5.32 Å². The topological polar surface area (TPSA) is 66.5 Å². The zero-order valence-corrected chi connectivity index (χ0v) is 18.2. The Morgan fingerprint density at radius 3 is 2.52 bits per heavy atom. The number of rotatable bonds is 5. The van der Waals surface area contributed by atoms with E-state index in [0.717, 1.165) is 43.0 Å². The number of sulfonamides is 1. The minimum Gasteiger partial charge on any atom is -0.349 e. The average Bonchev–Trinajstić information content (AvgIpc) is 3.23. The molecule has 2 aliphatic rings. The van der Waals surface area contributed by atoms with E-state index in [0.29, 0.717) is 17.7 Å². The van der Waals surface area contributed by atoms with Crippen LogP contribution in [0, 0.1) is 17.6 Å². The first-order chi connectivity index (χ1) is 14.8. The summed E-state index contributed by atoms with van der Waals surface area (Å²) in [5, 5.41) is 2.73. The zero-order chi connectivity index (χ0) is 22.2. The van der Waals surface area contributed by atoms with Gasteiger partial charge in [-0.3, -0.25) is 4.79 Å². The Hall–Kier alpha value is -2.32. The Morgan fingerprint density at radius 1 is 1.06 bits per heavy atom. The van der Waals surface area contributed by atoms with Crippen LogP contribution in [0.1, 0.15) is 48.9 Å². The highest BCUT2D eigenvalue weighted by molar-refractivity contribution is 7.89. The van der Waals surface area contributed by atoms with Gasteiger partial charge in [0.25, 0.3) is 0 Å². The van der Waals surface area contributed by atoms with Gasteiger partial charge in [-0.25, -0.2) is 17.2 Å². The van der Waals surface area contributed by atoms with Crippen LogP contribution in [0.15, 0.2) is 41.3 Å². The van der Waals surface area contributed by atoms with E-state index in [2.05, 4.69) is 5.32 Å². The number of piperidine rings is 1. The summed E-state index contributed by atoms with van der Waals surface area (Å²) in [5.74, 6) is -1.79. The van der Waals surface area contributed by atoms with E-state index in [9.17, 15) is 22.0 Å². The number of carbonyl (C=O) groups is 1. The molecule has 1 heterocycles. The molecule has 2 aromatic carbocycles. The normalized spacial score (nSPS) is 18.5. The molecule has 2 aromatic rings. The van der Waals surface area contributed by atoms with E-state index in [1.807, 2.05) is 6.07 Å². The quantitative estimate of drug-likeness (QED) is 0.758. The number of amides is 1. The number of halogens is 2. The maximum atomic E-state index is 13.9. The molecule has 4 rings (SSSR count). The van der Waals surface area contributed by atoms with Crippen molar-refractivity contribution in [2.24, 2.45) is 5.92 Å².